The SMILES string of the molecule is COc1ccc(C2=NOC(N(Cc3ccccc3)C(=O)c3ccccc3)C2)cc1. The fourth-order valence-electron chi connectivity index (χ4n) is 3.32. The van der Waals surface area contributed by atoms with Gasteiger partial charge in [-0.3, -0.25) is 9.69 Å². The number of hydrogen-bond donors (Lipinski definition) is 0. The quantitative estimate of drug-likeness (QED) is 0.627. The molecule has 5 heteroatoms. The second kappa shape index (κ2) is 8.61. The maximum atomic E-state index is 13.2. The van der Waals surface area contributed by atoms with Gasteiger partial charge in [0.2, 0.25) is 6.23 Å². The molecule has 0 bridgehead atoms. The molecule has 0 fully saturated rings. The Balaban J connectivity index is 1.55. The van der Waals surface area contributed by atoms with Crippen LogP contribution in [0.3, 0.4) is 0 Å². The summed E-state index contributed by atoms with van der Waals surface area (Å²) in [5, 5.41) is 4.26. The van der Waals surface area contributed by atoms with E-state index in [2.05, 4.69) is 5.16 Å². The molecule has 0 aliphatic carbocycles. The molecule has 5 nitrogen and oxygen atoms in total. The Hall–Kier alpha value is -3.60. The molecule has 146 valence electrons. The normalized spacial score (nSPS) is 15.3. The highest BCUT2D eigenvalue weighted by Gasteiger charge is 2.32. The third kappa shape index (κ3) is 4.29. The van der Waals surface area contributed by atoms with Gasteiger partial charge in [0.1, 0.15) is 5.75 Å². The summed E-state index contributed by atoms with van der Waals surface area (Å²) in [6.45, 7) is 0.449. The first-order valence-electron chi connectivity index (χ1n) is 9.51. The Morgan fingerprint density at radius 2 is 1.66 bits per heavy atom. The van der Waals surface area contributed by atoms with Crippen molar-refractivity contribution in [1.29, 1.82) is 0 Å². The molecule has 1 heterocycles. The molecular weight excluding hydrogens is 364 g/mol. The third-order valence-electron chi connectivity index (χ3n) is 4.90. The van der Waals surface area contributed by atoms with Gasteiger partial charge in [0.15, 0.2) is 0 Å². The topological polar surface area (TPSA) is 51.1 Å². The molecule has 0 spiro atoms. The van der Waals surface area contributed by atoms with E-state index in [1.807, 2.05) is 84.9 Å². The van der Waals surface area contributed by atoms with E-state index in [4.69, 9.17) is 9.57 Å². The molecule has 0 saturated heterocycles. The van der Waals surface area contributed by atoms with Gasteiger partial charge < -0.3 is 9.57 Å². The van der Waals surface area contributed by atoms with E-state index in [0.29, 0.717) is 18.5 Å². The van der Waals surface area contributed by atoms with Crippen LogP contribution in [0.1, 0.15) is 27.9 Å². The highest BCUT2D eigenvalue weighted by molar-refractivity contribution is 6.02. The maximum absolute atomic E-state index is 13.2. The van der Waals surface area contributed by atoms with Gasteiger partial charge in [-0.15, -0.1) is 0 Å². The van der Waals surface area contributed by atoms with Crippen LogP contribution in [0, 0.1) is 0 Å². The number of benzene rings is 3. The van der Waals surface area contributed by atoms with Crippen LogP contribution in [0.4, 0.5) is 0 Å². The molecular formula is C24H22N2O3. The summed E-state index contributed by atoms with van der Waals surface area (Å²) < 4.78 is 5.21. The van der Waals surface area contributed by atoms with Crippen LogP contribution >= 0.6 is 0 Å². The van der Waals surface area contributed by atoms with E-state index in [1.165, 1.54) is 0 Å². The number of carbonyl (C=O) groups is 1. The smallest absolute Gasteiger partial charge is 0.257 e. The molecule has 29 heavy (non-hydrogen) atoms. The molecule has 1 aliphatic rings. The maximum Gasteiger partial charge on any atom is 0.257 e. The van der Waals surface area contributed by atoms with Crippen molar-refractivity contribution in [3.63, 3.8) is 0 Å². The predicted molar refractivity (Wildman–Crippen MR) is 112 cm³/mol. The zero-order chi connectivity index (χ0) is 20.1. The molecule has 3 aromatic rings. The van der Waals surface area contributed by atoms with Gasteiger partial charge in [0.25, 0.3) is 5.91 Å². The summed E-state index contributed by atoms with van der Waals surface area (Å²) in [7, 11) is 1.64. The lowest BCUT2D eigenvalue weighted by Gasteiger charge is -2.27. The lowest BCUT2D eigenvalue weighted by atomic mass is 10.1. The monoisotopic (exact) mass is 386 g/mol. The Morgan fingerprint density at radius 1 is 1.00 bits per heavy atom. The molecule has 1 amide bonds. The average molecular weight is 386 g/mol. The summed E-state index contributed by atoms with van der Waals surface area (Å²) in [6, 6.07) is 26.9. The van der Waals surface area contributed by atoms with E-state index in [9.17, 15) is 4.79 Å². The van der Waals surface area contributed by atoms with Crippen LogP contribution in [0.5, 0.6) is 5.75 Å². The highest BCUT2D eigenvalue weighted by Crippen LogP contribution is 2.24. The van der Waals surface area contributed by atoms with Crippen LogP contribution in [0.15, 0.2) is 90.1 Å². The largest absolute Gasteiger partial charge is 0.497 e. The number of amides is 1. The predicted octanol–water partition coefficient (Wildman–Crippen LogP) is 4.49. The molecule has 0 saturated carbocycles. The van der Waals surface area contributed by atoms with Gasteiger partial charge in [-0.05, 0) is 47.5 Å². The van der Waals surface area contributed by atoms with E-state index < -0.39 is 6.23 Å². The van der Waals surface area contributed by atoms with Crippen molar-refractivity contribution in [2.75, 3.05) is 7.11 Å². The Labute approximate surface area is 170 Å². The Kier molecular flexibility index (Phi) is 5.56. The zero-order valence-corrected chi connectivity index (χ0v) is 16.2. The van der Waals surface area contributed by atoms with E-state index in [0.717, 1.165) is 22.6 Å². The molecule has 0 N–H and O–H groups in total. The minimum Gasteiger partial charge on any atom is -0.497 e. The van der Waals surface area contributed by atoms with Crippen molar-refractivity contribution >= 4 is 11.6 Å². The number of methoxy groups -OCH3 is 1. The van der Waals surface area contributed by atoms with Crippen LogP contribution in [-0.4, -0.2) is 29.9 Å². The fourth-order valence-corrected chi connectivity index (χ4v) is 3.32. The number of carbonyl (C=O) groups excluding carboxylic acids is 1. The number of nitrogens with zero attached hydrogens (tertiary/aromatic N) is 2. The van der Waals surface area contributed by atoms with E-state index in [1.54, 1.807) is 12.0 Å². The van der Waals surface area contributed by atoms with Crippen molar-refractivity contribution in [2.45, 2.75) is 19.2 Å². The number of rotatable bonds is 6. The van der Waals surface area contributed by atoms with Crippen molar-refractivity contribution in [3.8, 4) is 5.75 Å². The summed E-state index contributed by atoms with van der Waals surface area (Å²) >= 11 is 0. The van der Waals surface area contributed by atoms with Gasteiger partial charge in [0, 0.05) is 12.1 Å². The van der Waals surface area contributed by atoms with Crippen molar-refractivity contribution in [2.24, 2.45) is 5.16 Å². The second-order valence-corrected chi connectivity index (χ2v) is 6.82. The number of hydrogen-bond acceptors (Lipinski definition) is 4. The van der Waals surface area contributed by atoms with Gasteiger partial charge in [0.05, 0.1) is 19.2 Å². The average Bonchev–Trinajstić information content (AvgIpc) is 3.28. The van der Waals surface area contributed by atoms with Gasteiger partial charge in [-0.1, -0.05) is 53.7 Å². The first kappa shape index (κ1) is 18.7. The van der Waals surface area contributed by atoms with Crippen molar-refractivity contribution in [3.05, 3.63) is 102 Å². The molecule has 1 unspecified atom stereocenters. The third-order valence-corrected chi connectivity index (χ3v) is 4.90. The van der Waals surface area contributed by atoms with Crippen LogP contribution < -0.4 is 4.74 Å². The first-order chi connectivity index (χ1) is 14.2. The number of oxime groups is 1. The first-order valence-corrected chi connectivity index (χ1v) is 9.51. The van der Waals surface area contributed by atoms with Crippen LogP contribution in [0.2, 0.25) is 0 Å². The molecule has 0 aromatic heterocycles. The minimum atomic E-state index is -0.458. The van der Waals surface area contributed by atoms with E-state index >= 15 is 0 Å². The zero-order valence-electron chi connectivity index (χ0n) is 16.2. The lowest BCUT2D eigenvalue weighted by Crippen LogP contribution is -2.40. The summed E-state index contributed by atoms with van der Waals surface area (Å²) in [4.78, 5) is 20.7. The van der Waals surface area contributed by atoms with Gasteiger partial charge in [-0.2, -0.15) is 0 Å². The van der Waals surface area contributed by atoms with Crippen molar-refractivity contribution in [1.82, 2.24) is 4.90 Å². The standard InChI is InChI=1S/C24H22N2O3/c1-28-21-14-12-19(13-15-21)22-16-23(29-25-22)26(17-18-8-4-2-5-9-18)24(27)20-10-6-3-7-11-20/h2-15,23H,16-17H2,1H3. The summed E-state index contributed by atoms with van der Waals surface area (Å²) in [5.74, 6) is 0.709. The van der Waals surface area contributed by atoms with Gasteiger partial charge in [-0.25, -0.2) is 0 Å². The molecule has 1 aliphatic heterocycles. The summed E-state index contributed by atoms with van der Waals surface area (Å²) in [6.07, 6.45) is 0.0672. The highest BCUT2D eigenvalue weighted by atomic mass is 16.7. The number of ether oxygens (including phenoxy) is 1. The van der Waals surface area contributed by atoms with Gasteiger partial charge >= 0.3 is 0 Å². The minimum absolute atomic E-state index is 0.0781. The van der Waals surface area contributed by atoms with Crippen molar-refractivity contribution < 1.29 is 14.4 Å². The molecule has 3 aromatic carbocycles. The second-order valence-electron chi connectivity index (χ2n) is 6.82. The fraction of sp³-hybridized carbons (Fsp3) is 0.167. The van der Waals surface area contributed by atoms with E-state index in [-0.39, 0.29) is 5.91 Å². The Bertz CT molecular complexity index is 986. The molecule has 1 atom stereocenters. The lowest BCUT2D eigenvalue weighted by molar-refractivity contribution is -0.0290. The molecule has 4 rings (SSSR count). The van der Waals surface area contributed by atoms with Crippen LogP contribution in [-0.2, 0) is 11.4 Å². The Morgan fingerprint density at radius 3 is 2.31 bits per heavy atom. The molecule has 0 radical (unpaired) electrons. The van der Waals surface area contributed by atoms with Crippen LogP contribution in [0.25, 0.3) is 0 Å². The summed E-state index contributed by atoms with van der Waals surface area (Å²) in [5.41, 5.74) is 3.44.